The molecule has 0 aliphatic rings. The maximum absolute atomic E-state index is 14.8. The Balaban J connectivity index is 1.13. The number of amidine groups is 1. The average molecular weight is 643 g/mol. The van der Waals surface area contributed by atoms with Crippen LogP contribution in [0.5, 0.6) is 5.75 Å². The summed E-state index contributed by atoms with van der Waals surface area (Å²) in [4.78, 5) is 21.6. The second-order valence-corrected chi connectivity index (χ2v) is 11.3. The number of amides is 1. The summed E-state index contributed by atoms with van der Waals surface area (Å²) in [6.45, 7) is 3.89. The highest BCUT2D eigenvalue weighted by atomic mass is 19.1. The van der Waals surface area contributed by atoms with E-state index in [4.69, 9.17) is 14.9 Å². The van der Waals surface area contributed by atoms with E-state index >= 15 is 0 Å². The van der Waals surface area contributed by atoms with E-state index in [-0.39, 0.29) is 24.4 Å². The number of nitrogens with zero attached hydrogens (tertiary/aromatic N) is 2. The first-order valence-electron chi connectivity index (χ1n) is 15.3. The third kappa shape index (κ3) is 7.47. The summed E-state index contributed by atoms with van der Waals surface area (Å²) in [6.07, 6.45) is 1.56. The highest BCUT2D eigenvalue weighted by Crippen LogP contribution is 2.37. The van der Waals surface area contributed by atoms with Crippen molar-refractivity contribution in [3.05, 3.63) is 150 Å². The highest BCUT2D eigenvalue weighted by molar-refractivity contribution is 5.97. The predicted octanol–water partition coefficient (Wildman–Crippen LogP) is 8.71. The summed E-state index contributed by atoms with van der Waals surface area (Å²) in [7, 11) is 0. The van der Waals surface area contributed by atoms with Crippen molar-refractivity contribution in [3.8, 4) is 39.5 Å². The Morgan fingerprint density at radius 2 is 1.58 bits per heavy atom. The van der Waals surface area contributed by atoms with Gasteiger partial charge in [0.25, 0.3) is 5.91 Å². The summed E-state index contributed by atoms with van der Waals surface area (Å²) in [5.41, 5.74) is 11.0. The minimum Gasteiger partial charge on any atom is -0.490 e. The van der Waals surface area contributed by atoms with Gasteiger partial charge in [-0.3, -0.25) is 9.78 Å². The topological polar surface area (TPSA) is 103 Å². The van der Waals surface area contributed by atoms with Gasteiger partial charge < -0.3 is 20.2 Å². The molecular formula is C39H32F2N4O3. The van der Waals surface area contributed by atoms with Gasteiger partial charge in [-0.15, -0.1) is 0 Å². The Labute approximate surface area is 276 Å². The minimum absolute atomic E-state index is 0.0122. The number of hydrogen-bond acceptors (Lipinski definition) is 5. The van der Waals surface area contributed by atoms with E-state index in [1.165, 1.54) is 18.2 Å². The number of benzene rings is 4. The quantitative estimate of drug-likeness (QED) is 0.115. The largest absolute Gasteiger partial charge is 0.490 e. The zero-order valence-electron chi connectivity index (χ0n) is 26.3. The number of aromatic nitrogens is 1. The van der Waals surface area contributed by atoms with Crippen molar-refractivity contribution < 1.29 is 22.7 Å². The summed E-state index contributed by atoms with van der Waals surface area (Å²) in [6, 6.07) is 32.2. The van der Waals surface area contributed by atoms with Crippen LogP contribution in [0.4, 0.5) is 14.5 Å². The van der Waals surface area contributed by atoms with Crippen molar-refractivity contribution in [1.82, 2.24) is 10.3 Å². The molecule has 0 saturated heterocycles. The van der Waals surface area contributed by atoms with Crippen LogP contribution in [0.2, 0.25) is 0 Å². The first-order chi connectivity index (χ1) is 23.2. The van der Waals surface area contributed by atoms with Crippen LogP contribution >= 0.6 is 0 Å². The summed E-state index contributed by atoms with van der Waals surface area (Å²) >= 11 is 0. The molecule has 0 unspecified atom stereocenters. The van der Waals surface area contributed by atoms with Crippen LogP contribution in [-0.2, 0) is 6.54 Å². The smallest absolute Gasteiger partial charge is 0.251 e. The van der Waals surface area contributed by atoms with Gasteiger partial charge in [0.1, 0.15) is 40.4 Å². The predicted molar refractivity (Wildman–Crippen MR) is 183 cm³/mol. The number of halogens is 2. The fraction of sp³-hybridized carbons (Fsp3) is 0.103. The molecular weight excluding hydrogens is 610 g/mol. The van der Waals surface area contributed by atoms with Gasteiger partial charge in [0.05, 0.1) is 17.4 Å². The van der Waals surface area contributed by atoms with Crippen molar-refractivity contribution in [2.45, 2.75) is 26.5 Å². The monoisotopic (exact) mass is 642 g/mol. The molecule has 0 aliphatic carbocycles. The maximum atomic E-state index is 14.8. The van der Waals surface area contributed by atoms with E-state index in [0.717, 1.165) is 11.1 Å². The third-order valence-corrected chi connectivity index (χ3v) is 7.48. The van der Waals surface area contributed by atoms with Gasteiger partial charge in [0.2, 0.25) is 0 Å². The minimum atomic E-state index is -0.459. The number of aliphatic imine (C=N–C) groups is 1. The van der Waals surface area contributed by atoms with E-state index in [2.05, 4.69) is 15.3 Å². The molecule has 6 aromatic rings. The molecule has 48 heavy (non-hydrogen) atoms. The zero-order valence-corrected chi connectivity index (χ0v) is 26.3. The fourth-order valence-electron chi connectivity index (χ4n) is 5.06. The molecule has 0 atom stereocenters. The van der Waals surface area contributed by atoms with Crippen molar-refractivity contribution in [3.63, 3.8) is 0 Å². The molecule has 6 rings (SSSR count). The Hall–Kier alpha value is -6.09. The average Bonchev–Trinajstić information content (AvgIpc) is 3.58. The van der Waals surface area contributed by atoms with Crippen LogP contribution in [-0.4, -0.2) is 22.8 Å². The Kier molecular flexibility index (Phi) is 9.38. The van der Waals surface area contributed by atoms with Gasteiger partial charge in [0, 0.05) is 35.5 Å². The van der Waals surface area contributed by atoms with Crippen LogP contribution in [0.15, 0.2) is 131 Å². The molecule has 0 bridgehead atoms. The highest BCUT2D eigenvalue weighted by Gasteiger charge is 2.16. The van der Waals surface area contributed by atoms with Gasteiger partial charge in [-0.25, -0.2) is 13.8 Å². The van der Waals surface area contributed by atoms with E-state index < -0.39 is 5.82 Å². The second-order valence-electron chi connectivity index (χ2n) is 11.3. The normalized spacial score (nSPS) is 11.5. The maximum Gasteiger partial charge on any atom is 0.251 e. The molecule has 2 aromatic heterocycles. The molecule has 240 valence electrons. The summed E-state index contributed by atoms with van der Waals surface area (Å²) in [5, 5.41) is 2.77. The number of ether oxygens (including phenoxy) is 1. The Bertz CT molecular complexity index is 2070. The molecule has 9 heteroatoms. The third-order valence-electron chi connectivity index (χ3n) is 7.48. The molecule has 0 fully saturated rings. The molecule has 7 nitrogen and oxygen atoms in total. The number of nitrogens with two attached hydrogens (primary N) is 1. The van der Waals surface area contributed by atoms with Gasteiger partial charge in [-0.2, -0.15) is 0 Å². The molecule has 0 radical (unpaired) electrons. The standard InChI is InChI=1S/C39H32F2N4O3/c1-24(2)47-37-22-31(45-38(42)34-5-3-4-20-43-34)16-17-32(37)36-19-18-35(48-36)26-6-8-27(9-7-26)39(46)44-23-29-11-10-28(21-33(29)41)25-12-14-30(40)15-13-25/h3-22,24H,23H2,1-2H3,(H2,42,45)(H,44,46). The summed E-state index contributed by atoms with van der Waals surface area (Å²) < 4.78 is 40.4. The van der Waals surface area contributed by atoms with Crippen LogP contribution < -0.4 is 15.8 Å². The van der Waals surface area contributed by atoms with Crippen LogP contribution in [0.25, 0.3) is 33.8 Å². The van der Waals surface area contributed by atoms with Gasteiger partial charge in [-0.05, 0) is 91.7 Å². The molecule has 2 heterocycles. The molecule has 1 amide bonds. The van der Waals surface area contributed by atoms with Crippen LogP contribution in [0, 0.1) is 11.6 Å². The lowest BCUT2D eigenvalue weighted by Crippen LogP contribution is -2.23. The van der Waals surface area contributed by atoms with E-state index in [1.807, 2.05) is 56.3 Å². The van der Waals surface area contributed by atoms with E-state index in [0.29, 0.717) is 56.7 Å². The number of furan rings is 1. The van der Waals surface area contributed by atoms with Crippen molar-refractivity contribution in [2.75, 3.05) is 0 Å². The number of carbonyl (C=O) groups is 1. The lowest BCUT2D eigenvalue weighted by Gasteiger charge is -2.14. The Morgan fingerprint density at radius 3 is 2.29 bits per heavy atom. The van der Waals surface area contributed by atoms with Crippen molar-refractivity contribution >= 4 is 17.4 Å². The summed E-state index contributed by atoms with van der Waals surface area (Å²) in [5.74, 6) is 0.934. The van der Waals surface area contributed by atoms with Crippen LogP contribution in [0.3, 0.4) is 0 Å². The van der Waals surface area contributed by atoms with Crippen molar-refractivity contribution in [1.29, 1.82) is 0 Å². The van der Waals surface area contributed by atoms with Gasteiger partial charge in [0.15, 0.2) is 0 Å². The van der Waals surface area contributed by atoms with E-state index in [1.54, 1.807) is 60.8 Å². The number of rotatable bonds is 10. The van der Waals surface area contributed by atoms with Crippen LogP contribution in [0.1, 0.15) is 35.5 Å². The fourth-order valence-corrected chi connectivity index (χ4v) is 5.06. The Morgan fingerprint density at radius 1 is 0.854 bits per heavy atom. The van der Waals surface area contributed by atoms with Gasteiger partial charge >= 0.3 is 0 Å². The first kappa shape index (κ1) is 31.9. The zero-order chi connectivity index (χ0) is 33.6. The SMILES string of the molecule is CC(C)Oc1cc(N=C(N)c2ccccn2)ccc1-c1ccc(-c2ccc(C(=O)NCc3ccc(-c4ccc(F)cc4)cc3F)cc2)o1. The number of pyridine rings is 1. The first-order valence-corrected chi connectivity index (χ1v) is 15.3. The molecule has 0 spiro atoms. The number of hydrogen-bond donors (Lipinski definition) is 2. The lowest BCUT2D eigenvalue weighted by atomic mass is 10.0. The van der Waals surface area contributed by atoms with Crippen molar-refractivity contribution in [2.24, 2.45) is 10.7 Å². The molecule has 3 N–H and O–H groups in total. The molecule has 0 saturated carbocycles. The molecule has 0 aliphatic heterocycles. The van der Waals surface area contributed by atoms with Gasteiger partial charge in [-0.1, -0.05) is 42.5 Å². The number of nitrogens with one attached hydrogen (secondary N) is 1. The lowest BCUT2D eigenvalue weighted by molar-refractivity contribution is 0.0950. The van der Waals surface area contributed by atoms with E-state index in [9.17, 15) is 13.6 Å². The molecule has 4 aromatic carbocycles. The number of carbonyl (C=O) groups excluding carboxylic acids is 1. The second kappa shape index (κ2) is 14.1.